The first-order valence-electron chi connectivity index (χ1n) is 6.67. The maximum Gasteiger partial charge on any atom is 0.240 e. The summed E-state index contributed by atoms with van der Waals surface area (Å²) in [6.45, 7) is 2.08. The number of nitrogens with two attached hydrogens (primary N) is 1. The summed E-state index contributed by atoms with van der Waals surface area (Å²) in [6.07, 6.45) is 0. The maximum absolute atomic E-state index is 13.8. The topological polar surface area (TPSA) is 46.3 Å². The summed E-state index contributed by atoms with van der Waals surface area (Å²) in [5, 5.41) is -0.203. The third-order valence-electron chi connectivity index (χ3n) is 3.48. The Hall–Kier alpha value is -2.01. The molecule has 3 rings (SSSR count). The summed E-state index contributed by atoms with van der Waals surface area (Å²) < 4.78 is 13.8. The van der Waals surface area contributed by atoms with Crippen LogP contribution in [0, 0.1) is 5.82 Å². The van der Waals surface area contributed by atoms with Gasteiger partial charge in [-0.25, -0.2) is 4.39 Å². The largest absolute Gasteiger partial charge is 0.399 e. The molecule has 0 saturated carbocycles. The van der Waals surface area contributed by atoms with Gasteiger partial charge < -0.3 is 10.6 Å². The van der Waals surface area contributed by atoms with Crippen molar-refractivity contribution in [3.05, 3.63) is 53.8 Å². The van der Waals surface area contributed by atoms with E-state index in [1.807, 2.05) is 19.1 Å². The van der Waals surface area contributed by atoms with E-state index in [1.165, 1.54) is 17.8 Å². The van der Waals surface area contributed by atoms with Crippen molar-refractivity contribution in [2.24, 2.45) is 0 Å². The number of hydrogen-bond acceptors (Lipinski definition) is 3. The molecule has 2 aromatic carbocycles. The number of halogens is 1. The van der Waals surface area contributed by atoms with Gasteiger partial charge in [0.15, 0.2) is 0 Å². The number of carbonyl (C=O) groups excluding carboxylic acids is 1. The highest BCUT2D eigenvalue weighted by Gasteiger charge is 2.31. The molecule has 3 nitrogen and oxygen atoms in total. The molecule has 0 aromatic heterocycles. The Kier molecular flexibility index (Phi) is 3.59. The lowest BCUT2D eigenvalue weighted by atomic mass is 10.1. The molecular formula is C16H15FN2OS. The zero-order valence-electron chi connectivity index (χ0n) is 11.5. The van der Waals surface area contributed by atoms with Crippen LogP contribution in [0.2, 0.25) is 0 Å². The number of nitrogens with zero attached hydrogens (tertiary/aromatic N) is 1. The SMILES string of the molecule is CC1Sc2cc(N)ccc2N(Cc2ccccc2F)C1=O. The molecular weight excluding hydrogens is 287 g/mol. The maximum atomic E-state index is 13.8. The first-order chi connectivity index (χ1) is 10.1. The van der Waals surface area contributed by atoms with Gasteiger partial charge in [-0.3, -0.25) is 4.79 Å². The minimum absolute atomic E-state index is 0.0134. The van der Waals surface area contributed by atoms with Crippen molar-refractivity contribution >= 4 is 29.0 Å². The molecule has 0 radical (unpaired) electrons. The number of fused-ring (bicyclic) bond motifs is 1. The van der Waals surface area contributed by atoms with Crippen molar-refractivity contribution in [2.45, 2.75) is 23.6 Å². The number of carbonyl (C=O) groups is 1. The van der Waals surface area contributed by atoms with Gasteiger partial charge in [0.25, 0.3) is 0 Å². The lowest BCUT2D eigenvalue weighted by Gasteiger charge is -2.32. The molecule has 0 spiro atoms. The summed E-state index contributed by atoms with van der Waals surface area (Å²) >= 11 is 1.49. The van der Waals surface area contributed by atoms with Gasteiger partial charge in [0.2, 0.25) is 5.91 Å². The zero-order chi connectivity index (χ0) is 15.0. The van der Waals surface area contributed by atoms with Crippen LogP contribution < -0.4 is 10.6 Å². The monoisotopic (exact) mass is 302 g/mol. The van der Waals surface area contributed by atoms with Gasteiger partial charge in [-0.05, 0) is 31.2 Å². The van der Waals surface area contributed by atoms with E-state index in [9.17, 15) is 9.18 Å². The highest BCUT2D eigenvalue weighted by Crippen LogP contribution is 2.40. The van der Waals surface area contributed by atoms with E-state index in [4.69, 9.17) is 5.73 Å². The number of anilines is 2. The second-order valence-corrected chi connectivity index (χ2v) is 6.39. The van der Waals surface area contributed by atoms with E-state index < -0.39 is 0 Å². The molecule has 0 saturated heterocycles. The predicted molar refractivity (Wildman–Crippen MR) is 83.8 cm³/mol. The number of thioether (sulfide) groups is 1. The molecule has 108 valence electrons. The zero-order valence-corrected chi connectivity index (χ0v) is 12.4. The number of nitrogen functional groups attached to an aromatic ring is 1. The number of benzene rings is 2. The Bertz CT molecular complexity index is 704. The standard InChI is InChI=1S/C16H15FN2OS/c1-10-16(20)19(9-11-4-2-3-5-13(11)17)14-7-6-12(18)8-15(14)21-10/h2-8,10H,9,18H2,1H3. The van der Waals surface area contributed by atoms with Crippen LogP contribution in [0.4, 0.5) is 15.8 Å². The van der Waals surface area contributed by atoms with Crippen molar-refractivity contribution in [1.29, 1.82) is 0 Å². The van der Waals surface area contributed by atoms with Crippen molar-refractivity contribution in [2.75, 3.05) is 10.6 Å². The van der Waals surface area contributed by atoms with Gasteiger partial charge in [-0.15, -0.1) is 11.8 Å². The molecule has 1 atom stereocenters. The van der Waals surface area contributed by atoms with Crippen LogP contribution in [0.1, 0.15) is 12.5 Å². The fourth-order valence-electron chi connectivity index (χ4n) is 2.39. The summed E-state index contributed by atoms with van der Waals surface area (Å²) in [6, 6.07) is 12.0. The molecule has 2 aromatic rings. The number of hydrogen-bond donors (Lipinski definition) is 1. The van der Waals surface area contributed by atoms with Crippen LogP contribution in [0.15, 0.2) is 47.4 Å². The second-order valence-electron chi connectivity index (χ2n) is 5.00. The van der Waals surface area contributed by atoms with Gasteiger partial charge in [-0.1, -0.05) is 18.2 Å². The van der Waals surface area contributed by atoms with Crippen molar-refractivity contribution in [3.8, 4) is 0 Å². The van der Waals surface area contributed by atoms with E-state index in [2.05, 4.69) is 0 Å². The van der Waals surface area contributed by atoms with Gasteiger partial charge in [0.1, 0.15) is 5.82 Å². The molecule has 21 heavy (non-hydrogen) atoms. The molecule has 0 fully saturated rings. The molecule has 1 amide bonds. The first-order valence-corrected chi connectivity index (χ1v) is 7.55. The summed E-state index contributed by atoms with van der Waals surface area (Å²) in [5.74, 6) is -0.311. The minimum Gasteiger partial charge on any atom is -0.399 e. The quantitative estimate of drug-likeness (QED) is 0.864. The van der Waals surface area contributed by atoms with Crippen LogP contribution in [0.5, 0.6) is 0 Å². The average Bonchev–Trinajstić information content (AvgIpc) is 2.45. The predicted octanol–water partition coefficient (Wildman–Crippen LogP) is 3.44. The van der Waals surface area contributed by atoms with Crippen LogP contribution in [-0.4, -0.2) is 11.2 Å². The highest BCUT2D eigenvalue weighted by atomic mass is 32.2. The van der Waals surface area contributed by atoms with E-state index in [-0.39, 0.29) is 23.5 Å². The van der Waals surface area contributed by atoms with Crippen molar-refractivity contribution in [1.82, 2.24) is 0 Å². The Morgan fingerprint density at radius 3 is 2.81 bits per heavy atom. The molecule has 0 bridgehead atoms. The lowest BCUT2D eigenvalue weighted by Crippen LogP contribution is -2.39. The van der Waals surface area contributed by atoms with Crippen molar-refractivity contribution in [3.63, 3.8) is 0 Å². The number of rotatable bonds is 2. The van der Waals surface area contributed by atoms with Crippen molar-refractivity contribution < 1.29 is 9.18 Å². The van der Waals surface area contributed by atoms with Gasteiger partial charge >= 0.3 is 0 Å². The van der Waals surface area contributed by atoms with Crippen LogP contribution in [0.25, 0.3) is 0 Å². The van der Waals surface area contributed by atoms with Crippen LogP contribution >= 0.6 is 11.8 Å². The van der Waals surface area contributed by atoms with Gasteiger partial charge in [0, 0.05) is 16.1 Å². The second kappa shape index (κ2) is 5.41. The fraction of sp³-hybridized carbons (Fsp3) is 0.188. The van der Waals surface area contributed by atoms with E-state index in [0.29, 0.717) is 11.3 Å². The average molecular weight is 302 g/mol. The van der Waals surface area contributed by atoms with E-state index in [1.54, 1.807) is 29.2 Å². The summed E-state index contributed by atoms with van der Waals surface area (Å²) in [4.78, 5) is 15.0. The minimum atomic E-state index is -0.298. The molecule has 1 unspecified atom stereocenters. The molecule has 1 aliphatic heterocycles. The Morgan fingerprint density at radius 1 is 1.29 bits per heavy atom. The van der Waals surface area contributed by atoms with Gasteiger partial charge in [-0.2, -0.15) is 0 Å². The summed E-state index contributed by atoms with van der Waals surface area (Å²) in [5.41, 5.74) is 7.77. The smallest absolute Gasteiger partial charge is 0.240 e. The normalized spacial score (nSPS) is 17.7. The van der Waals surface area contributed by atoms with Gasteiger partial charge in [0.05, 0.1) is 17.5 Å². The Balaban J connectivity index is 2.01. The van der Waals surface area contributed by atoms with E-state index >= 15 is 0 Å². The third-order valence-corrected chi connectivity index (χ3v) is 4.61. The summed E-state index contributed by atoms with van der Waals surface area (Å²) in [7, 11) is 0. The highest BCUT2D eigenvalue weighted by molar-refractivity contribution is 8.01. The molecule has 1 aliphatic rings. The van der Waals surface area contributed by atoms with E-state index in [0.717, 1.165) is 10.6 Å². The Labute approximate surface area is 126 Å². The third kappa shape index (κ3) is 2.61. The fourth-order valence-corrected chi connectivity index (χ4v) is 3.50. The lowest BCUT2D eigenvalue weighted by molar-refractivity contribution is -0.118. The van der Waals surface area contributed by atoms with Crippen LogP contribution in [-0.2, 0) is 11.3 Å². The molecule has 1 heterocycles. The molecule has 5 heteroatoms. The first kappa shape index (κ1) is 13.9. The molecule has 2 N–H and O–H groups in total. The number of amides is 1. The Morgan fingerprint density at radius 2 is 2.05 bits per heavy atom. The van der Waals surface area contributed by atoms with Crippen LogP contribution in [0.3, 0.4) is 0 Å². The molecule has 0 aliphatic carbocycles.